The van der Waals surface area contributed by atoms with E-state index in [0.29, 0.717) is 0 Å². The molecule has 2 bridgehead atoms. The molecule has 1 aliphatic heterocycles. The van der Waals surface area contributed by atoms with Gasteiger partial charge in [0.2, 0.25) is 0 Å². The van der Waals surface area contributed by atoms with E-state index in [-0.39, 0.29) is 0 Å². The number of hydrogen-bond donors (Lipinski definition) is 0. The first-order valence-electron chi connectivity index (χ1n) is 4.50. The van der Waals surface area contributed by atoms with Crippen molar-refractivity contribution < 1.29 is 4.74 Å². The topological polar surface area (TPSA) is 9.23 Å². The monoisotopic (exact) mass is 169 g/mol. The van der Waals surface area contributed by atoms with E-state index in [1.165, 1.54) is 16.3 Å². The first-order valence-corrected chi connectivity index (χ1v) is 4.50. The van der Waals surface area contributed by atoms with E-state index in [1.54, 1.807) is 0 Å². The average molecular weight is 169 g/mol. The second-order valence-corrected chi connectivity index (χ2v) is 3.30. The van der Waals surface area contributed by atoms with Gasteiger partial charge in [-0.15, -0.1) is 0 Å². The van der Waals surface area contributed by atoms with Crippen molar-refractivity contribution in [3.05, 3.63) is 42.0 Å². The molecular weight excluding hydrogens is 160 g/mol. The lowest BCUT2D eigenvalue weighted by Crippen LogP contribution is -2.07. The zero-order valence-electron chi connectivity index (χ0n) is 7.21. The number of hydrogen-bond acceptors (Lipinski definition) is 1. The van der Waals surface area contributed by atoms with Crippen LogP contribution in [-0.4, -0.2) is 6.61 Å². The highest BCUT2D eigenvalue weighted by molar-refractivity contribution is 5.87. The van der Waals surface area contributed by atoms with Gasteiger partial charge >= 0.3 is 0 Å². The van der Waals surface area contributed by atoms with Gasteiger partial charge in [-0.25, -0.2) is 0 Å². The van der Waals surface area contributed by atoms with Crippen LogP contribution in [0.3, 0.4) is 0 Å². The molecule has 2 aromatic rings. The van der Waals surface area contributed by atoms with Crippen molar-refractivity contribution in [2.75, 3.05) is 6.61 Å². The number of benzene rings is 2. The van der Waals surface area contributed by atoms with Crippen molar-refractivity contribution in [3.8, 4) is 5.75 Å². The third kappa shape index (κ3) is 1.00. The van der Waals surface area contributed by atoms with E-state index in [1.807, 2.05) is 0 Å². The molecule has 1 aliphatic rings. The Labute approximate surface area is 77.0 Å². The molecule has 0 unspecified atom stereocenters. The fraction of sp³-hybridized carbons (Fsp3) is 0.167. The largest absolute Gasteiger partial charge is 0.493 e. The minimum Gasteiger partial charge on any atom is -0.493 e. The molecule has 1 radical (unpaired) electrons. The molecule has 0 atom stereocenters. The van der Waals surface area contributed by atoms with Crippen LogP contribution in [0.25, 0.3) is 10.8 Å². The molecule has 0 saturated carbocycles. The summed E-state index contributed by atoms with van der Waals surface area (Å²) < 4.78 is 5.43. The molecule has 0 amide bonds. The number of rotatable bonds is 0. The normalized spacial score (nSPS) is 14.2. The van der Waals surface area contributed by atoms with Crippen LogP contribution in [-0.2, 0) is 6.42 Å². The highest BCUT2D eigenvalue weighted by atomic mass is 16.5. The second kappa shape index (κ2) is 2.49. The van der Waals surface area contributed by atoms with Crippen LogP contribution < -0.4 is 4.74 Å². The molecule has 3 rings (SSSR count). The lowest BCUT2D eigenvalue weighted by Gasteiger charge is -2.15. The fourth-order valence-electron chi connectivity index (χ4n) is 1.83. The lowest BCUT2D eigenvalue weighted by molar-refractivity contribution is 0.311. The van der Waals surface area contributed by atoms with Crippen LogP contribution >= 0.6 is 0 Å². The highest BCUT2D eigenvalue weighted by Crippen LogP contribution is 2.27. The van der Waals surface area contributed by atoms with Gasteiger partial charge < -0.3 is 4.74 Å². The summed E-state index contributed by atoms with van der Waals surface area (Å²) in [6, 6.07) is 13.7. The molecule has 63 valence electrons. The molecule has 0 aliphatic carbocycles. The Bertz CT molecular complexity index is 460. The molecule has 0 spiro atoms. The maximum Gasteiger partial charge on any atom is 0.128 e. The molecule has 1 heteroatoms. The summed E-state index contributed by atoms with van der Waals surface area (Å²) >= 11 is 0. The molecule has 0 fully saturated rings. The fourth-order valence-corrected chi connectivity index (χ4v) is 1.83. The maximum atomic E-state index is 5.43. The Morgan fingerprint density at radius 2 is 2.15 bits per heavy atom. The SMILES string of the molecule is [c]1c2cc3ccccc3c1CCO2. The molecule has 13 heavy (non-hydrogen) atoms. The summed E-state index contributed by atoms with van der Waals surface area (Å²) in [6.45, 7) is 0.794. The third-order valence-electron chi connectivity index (χ3n) is 2.46. The summed E-state index contributed by atoms with van der Waals surface area (Å²) in [5, 5.41) is 2.57. The quantitative estimate of drug-likeness (QED) is 0.589. The van der Waals surface area contributed by atoms with Crippen molar-refractivity contribution in [2.24, 2.45) is 0 Å². The van der Waals surface area contributed by atoms with E-state index in [4.69, 9.17) is 4.74 Å². The first kappa shape index (κ1) is 6.96. The third-order valence-corrected chi connectivity index (χ3v) is 2.46. The summed E-state index contributed by atoms with van der Waals surface area (Å²) in [5.41, 5.74) is 1.29. The smallest absolute Gasteiger partial charge is 0.128 e. The zero-order chi connectivity index (χ0) is 8.67. The Morgan fingerprint density at radius 1 is 1.23 bits per heavy atom. The second-order valence-electron chi connectivity index (χ2n) is 3.30. The molecule has 0 N–H and O–H groups in total. The van der Waals surface area contributed by atoms with Crippen molar-refractivity contribution in [1.29, 1.82) is 0 Å². The Hall–Kier alpha value is -1.50. The van der Waals surface area contributed by atoms with E-state index in [2.05, 4.69) is 36.4 Å². The van der Waals surface area contributed by atoms with Gasteiger partial charge in [0, 0.05) is 12.5 Å². The van der Waals surface area contributed by atoms with Gasteiger partial charge in [-0.3, -0.25) is 0 Å². The van der Waals surface area contributed by atoms with E-state index >= 15 is 0 Å². The molecule has 1 heterocycles. The van der Waals surface area contributed by atoms with Gasteiger partial charge in [-0.05, 0) is 22.4 Å². The molecule has 0 saturated heterocycles. The lowest BCUT2D eigenvalue weighted by atomic mass is 10.0. The van der Waals surface area contributed by atoms with Crippen molar-refractivity contribution in [2.45, 2.75) is 6.42 Å². The number of ether oxygens (including phenoxy) is 1. The van der Waals surface area contributed by atoms with Crippen molar-refractivity contribution >= 4 is 10.8 Å². The predicted molar refractivity (Wildman–Crippen MR) is 52.0 cm³/mol. The average Bonchev–Trinajstić information content (AvgIpc) is 2.18. The first-order chi connectivity index (χ1) is 6.43. The van der Waals surface area contributed by atoms with Gasteiger partial charge in [0.1, 0.15) is 5.75 Å². The summed E-state index contributed by atoms with van der Waals surface area (Å²) in [6.07, 6.45) is 0.981. The van der Waals surface area contributed by atoms with Crippen LogP contribution in [0.5, 0.6) is 5.75 Å². The van der Waals surface area contributed by atoms with Crippen molar-refractivity contribution in [3.63, 3.8) is 0 Å². The van der Waals surface area contributed by atoms with Gasteiger partial charge in [0.25, 0.3) is 0 Å². The highest BCUT2D eigenvalue weighted by Gasteiger charge is 2.09. The Morgan fingerprint density at radius 3 is 3.15 bits per heavy atom. The van der Waals surface area contributed by atoms with Gasteiger partial charge in [0.05, 0.1) is 6.61 Å². The summed E-state index contributed by atoms with van der Waals surface area (Å²) in [5.74, 6) is 0.889. The van der Waals surface area contributed by atoms with E-state index in [9.17, 15) is 0 Å². The van der Waals surface area contributed by atoms with Gasteiger partial charge in [0.15, 0.2) is 0 Å². The van der Waals surface area contributed by atoms with Crippen LogP contribution in [0.15, 0.2) is 30.3 Å². The Kier molecular flexibility index (Phi) is 1.33. The molecule has 2 aromatic carbocycles. The summed E-state index contributed by atoms with van der Waals surface area (Å²) in [7, 11) is 0. The van der Waals surface area contributed by atoms with Crippen LogP contribution in [0.1, 0.15) is 5.56 Å². The van der Waals surface area contributed by atoms with Crippen LogP contribution in [0.4, 0.5) is 0 Å². The molecule has 1 nitrogen and oxygen atoms in total. The minimum absolute atomic E-state index is 0.794. The standard InChI is InChI=1S/C12H9O/c1-2-4-12-9(3-1)7-11-8-10(12)5-6-13-11/h1-4,7H,5-6H2. The molecular formula is C12H9O. The van der Waals surface area contributed by atoms with Crippen molar-refractivity contribution in [1.82, 2.24) is 0 Å². The van der Waals surface area contributed by atoms with E-state index < -0.39 is 0 Å². The van der Waals surface area contributed by atoms with E-state index in [0.717, 1.165) is 18.8 Å². The Balaban J connectivity index is 2.43. The van der Waals surface area contributed by atoms with Gasteiger partial charge in [-0.1, -0.05) is 24.3 Å². The predicted octanol–water partition coefficient (Wildman–Crippen LogP) is 2.57. The zero-order valence-corrected chi connectivity index (χ0v) is 7.21. The number of fused-ring (bicyclic) bond motifs is 4. The molecule has 0 aromatic heterocycles. The maximum absolute atomic E-state index is 5.43. The minimum atomic E-state index is 0.794. The summed E-state index contributed by atoms with van der Waals surface area (Å²) in [4.78, 5) is 0. The van der Waals surface area contributed by atoms with Gasteiger partial charge in [-0.2, -0.15) is 0 Å². The van der Waals surface area contributed by atoms with Crippen LogP contribution in [0.2, 0.25) is 0 Å². The van der Waals surface area contributed by atoms with Crippen LogP contribution in [0, 0.1) is 6.07 Å².